The number of nitrogens with one attached hydrogen (secondary N) is 1. The third-order valence-electron chi connectivity index (χ3n) is 3.16. The van der Waals surface area contributed by atoms with E-state index in [9.17, 15) is 19.2 Å². The molecule has 0 fully saturated rings. The van der Waals surface area contributed by atoms with Crippen molar-refractivity contribution in [2.75, 3.05) is 13.1 Å². The topological polar surface area (TPSA) is 187 Å². The molecule has 0 amide bonds. The van der Waals surface area contributed by atoms with Crippen molar-refractivity contribution >= 4 is 23.9 Å². The number of hydrogen-bond donors (Lipinski definition) is 6. The van der Waals surface area contributed by atoms with Gasteiger partial charge in [0.15, 0.2) is 0 Å². The third-order valence-corrected chi connectivity index (χ3v) is 3.16. The quantitative estimate of drug-likeness (QED) is 0.174. The largest absolute Gasteiger partial charge is 1.00 e. The number of nitrogens with two attached hydrogens (primary N) is 1. The van der Waals surface area contributed by atoms with E-state index in [4.69, 9.17) is 26.2 Å². The van der Waals surface area contributed by atoms with Crippen molar-refractivity contribution in [3.8, 4) is 0 Å². The van der Waals surface area contributed by atoms with E-state index < -0.39 is 61.0 Å². The summed E-state index contributed by atoms with van der Waals surface area (Å²) >= 11 is 0. The maximum atomic E-state index is 11.1. The molecule has 25 heavy (non-hydrogen) atoms. The molecule has 0 saturated heterocycles. The average Bonchev–Trinajstić information content (AvgIpc) is 2.30. The summed E-state index contributed by atoms with van der Waals surface area (Å²) in [5.41, 5.74) is 3.52. The second kappa shape index (κ2) is 16.9. The predicted molar refractivity (Wildman–Crippen MR) is 75.6 cm³/mol. The fraction of sp³-hybridized carbons (Fsp3) is 0.667. The molecule has 0 bridgehead atoms. The fourth-order valence-corrected chi connectivity index (χ4v) is 2.40. The van der Waals surface area contributed by atoms with Gasteiger partial charge >= 0.3 is 113 Å². The van der Waals surface area contributed by atoms with Crippen LogP contribution in [0, 0.1) is 5.41 Å². The molecule has 0 aromatic carbocycles. The van der Waals surface area contributed by atoms with Crippen LogP contribution in [0.1, 0.15) is 30.0 Å². The minimum Gasteiger partial charge on any atom is -1.00 e. The van der Waals surface area contributed by atoms with Gasteiger partial charge in [-0.3, -0.25) is 19.2 Å². The Labute approximate surface area is 215 Å². The van der Waals surface area contributed by atoms with Crippen LogP contribution in [0.3, 0.4) is 0 Å². The maximum absolute atomic E-state index is 11.1. The van der Waals surface area contributed by atoms with E-state index in [2.05, 4.69) is 5.32 Å². The van der Waals surface area contributed by atoms with Crippen LogP contribution in [0.25, 0.3) is 0 Å². The van der Waals surface area contributed by atoms with Crippen molar-refractivity contribution in [1.29, 1.82) is 0 Å². The van der Waals surface area contributed by atoms with Gasteiger partial charge in [0.1, 0.15) is 0 Å². The van der Waals surface area contributed by atoms with Crippen molar-refractivity contribution in [2.45, 2.75) is 31.7 Å². The fourth-order valence-electron chi connectivity index (χ4n) is 2.40. The van der Waals surface area contributed by atoms with E-state index in [1.807, 2.05) is 0 Å². The van der Waals surface area contributed by atoms with Crippen LogP contribution >= 0.6 is 0 Å². The smallest absolute Gasteiger partial charge is 1.00 e. The molecular weight excluding hydrogens is 369 g/mol. The first-order valence-electron chi connectivity index (χ1n) is 6.43. The van der Waals surface area contributed by atoms with Gasteiger partial charge in [-0.15, -0.1) is 0 Å². The number of carboxylic acids is 4. The standard InChI is InChI=1S/C12H20N2O8.3Na.3H/c13-1-2-14-7(3-8(15)16)12(4-9(17)18,5-10(19)20)6-11(21)22;;;;;;/h7,14H,1-6,13H2,(H,15,16)(H,17,18)(H,19,20)(H,21,22);;;;;;/q;3*+1;3*-1. The number of hydrogen-bond acceptors (Lipinski definition) is 6. The first-order valence-corrected chi connectivity index (χ1v) is 6.43. The summed E-state index contributed by atoms with van der Waals surface area (Å²) in [7, 11) is 0. The van der Waals surface area contributed by atoms with Crippen LogP contribution in [-0.2, 0) is 19.2 Å². The first kappa shape index (κ1) is 33.4. The van der Waals surface area contributed by atoms with E-state index in [1.54, 1.807) is 0 Å². The van der Waals surface area contributed by atoms with Gasteiger partial charge in [-0.2, -0.15) is 0 Å². The summed E-state index contributed by atoms with van der Waals surface area (Å²) in [4.78, 5) is 44.1. The monoisotopic (exact) mass is 392 g/mol. The molecule has 0 aliphatic heterocycles. The second-order valence-corrected chi connectivity index (χ2v) is 4.97. The molecule has 0 rings (SSSR count). The number of aliphatic carboxylic acids is 4. The first-order chi connectivity index (χ1) is 10.1. The van der Waals surface area contributed by atoms with Crippen LogP contribution in [0.2, 0.25) is 0 Å². The molecule has 7 N–H and O–H groups in total. The van der Waals surface area contributed by atoms with Gasteiger partial charge in [0.2, 0.25) is 0 Å². The summed E-state index contributed by atoms with van der Waals surface area (Å²) in [5, 5.41) is 38.6. The van der Waals surface area contributed by atoms with E-state index >= 15 is 0 Å². The van der Waals surface area contributed by atoms with Crippen molar-refractivity contribution in [3.05, 3.63) is 0 Å². The summed E-state index contributed by atoms with van der Waals surface area (Å²) in [6.07, 6.45) is -2.99. The zero-order chi connectivity index (χ0) is 17.3. The number of carbonyl (C=O) groups is 4. The molecule has 10 nitrogen and oxygen atoms in total. The molecular formula is C12H23N2Na3O8. The molecule has 1 atom stereocenters. The molecule has 1 unspecified atom stereocenters. The Morgan fingerprint density at radius 2 is 1.20 bits per heavy atom. The minimum absolute atomic E-state index is 0. The Morgan fingerprint density at radius 1 is 0.840 bits per heavy atom. The number of carboxylic acid groups (broad SMARTS) is 4. The SMILES string of the molecule is NCCNC(CC(=O)O)C(CC(=O)O)(CC(=O)O)CC(=O)O.[H-].[H-].[H-].[Na+].[Na+].[Na+]. The van der Waals surface area contributed by atoms with Crippen LogP contribution in [0.15, 0.2) is 0 Å². The van der Waals surface area contributed by atoms with Gasteiger partial charge in [-0.25, -0.2) is 0 Å². The Morgan fingerprint density at radius 3 is 1.44 bits per heavy atom. The molecule has 0 spiro atoms. The Hall–Kier alpha value is 0.800. The Kier molecular flexibility index (Phi) is 22.6. The molecule has 0 aromatic rings. The predicted octanol–water partition coefficient (Wildman–Crippen LogP) is -9.86. The molecule has 0 aliphatic rings. The molecule has 0 aromatic heterocycles. The molecule has 0 saturated carbocycles. The Bertz CT molecular complexity index is 423. The molecule has 0 heterocycles. The summed E-state index contributed by atoms with van der Waals surface area (Å²) in [6, 6.07) is -1.16. The molecule has 132 valence electrons. The van der Waals surface area contributed by atoms with Gasteiger partial charge in [0.25, 0.3) is 0 Å². The summed E-state index contributed by atoms with van der Waals surface area (Å²) in [6.45, 7) is 0.192. The van der Waals surface area contributed by atoms with Crippen LogP contribution in [-0.4, -0.2) is 63.4 Å². The van der Waals surface area contributed by atoms with Crippen molar-refractivity contribution in [1.82, 2.24) is 5.32 Å². The minimum atomic E-state index is -1.78. The Balaban J connectivity index is -0.000000147. The van der Waals surface area contributed by atoms with E-state index in [0.29, 0.717) is 0 Å². The van der Waals surface area contributed by atoms with Gasteiger partial charge < -0.3 is 35.8 Å². The zero-order valence-electron chi connectivity index (χ0n) is 17.8. The van der Waals surface area contributed by atoms with Gasteiger partial charge in [0.05, 0.1) is 25.7 Å². The van der Waals surface area contributed by atoms with Crippen LogP contribution in [0.5, 0.6) is 0 Å². The van der Waals surface area contributed by atoms with E-state index in [-0.39, 0.29) is 106 Å². The molecule has 0 aliphatic carbocycles. The molecule has 0 radical (unpaired) electrons. The van der Waals surface area contributed by atoms with Crippen molar-refractivity contribution < 1.29 is 133 Å². The second-order valence-electron chi connectivity index (χ2n) is 4.97. The van der Waals surface area contributed by atoms with Crippen LogP contribution < -0.4 is 99.7 Å². The van der Waals surface area contributed by atoms with Crippen LogP contribution in [0.4, 0.5) is 0 Å². The van der Waals surface area contributed by atoms with E-state index in [0.717, 1.165) is 0 Å². The summed E-state index contributed by atoms with van der Waals surface area (Å²) in [5.74, 6) is -5.53. The maximum Gasteiger partial charge on any atom is 1.00 e. The summed E-state index contributed by atoms with van der Waals surface area (Å²) < 4.78 is 0. The van der Waals surface area contributed by atoms with Gasteiger partial charge in [0, 0.05) is 24.5 Å². The zero-order valence-corrected chi connectivity index (χ0v) is 20.8. The van der Waals surface area contributed by atoms with Gasteiger partial charge in [-0.1, -0.05) is 0 Å². The average molecular weight is 392 g/mol. The van der Waals surface area contributed by atoms with Gasteiger partial charge in [-0.05, 0) is 0 Å². The normalized spacial score (nSPS) is 11.1. The third kappa shape index (κ3) is 14.5. The van der Waals surface area contributed by atoms with Crippen molar-refractivity contribution in [2.24, 2.45) is 11.1 Å². The molecule has 13 heteroatoms. The van der Waals surface area contributed by atoms with Crippen molar-refractivity contribution in [3.63, 3.8) is 0 Å². The number of rotatable bonds is 12. The van der Waals surface area contributed by atoms with E-state index in [1.165, 1.54) is 0 Å².